The van der Waals surface area contributed by atoms with Crippen molar-refractivity contribution in [3.8, 4) is 0 Å². The van der Waals surface area contributed by atoms with Gasteiger partial charge in [-0.15, -0.1) is 0 Å². The van der Waals surface area contributed by atoms with Crippen LogP contribution in [0.5, 0.6) is 0 Å². The summed E-state index contributed by atoms with van der Waals surface area (Å²) in [5.41, 5.74) is -0.559. The first-order valence-corrected chi connectivity index (χ1v) is 15.7. The van der Waals surface area contributed by atoms with Crippen LogP contribution in [0.3, 0.4) is 0 Å². The van der Waals surface area contributed by atoms with Gasteiger partial charge in [-0.3, -0.25) is 4.79 Å². The van der Waals surface area contributed by atoms with Crippen molar-refractivity contribution >= 4 is 11.9 Å². The standard InChI is InChI=1S/C32H48O9/c1-17-29(35)24(37-5)14-27(39-17)41-21-8-10-30(3)20(13-21)6-7-23-22(30)9-11-31(4)28(19-12-26(34)38-16-19)25(40-18(2)33)15-32(23,31)36/h12,17,20-25,27-29,35-36H,6-11,13-16H2,1-5H3/t17-,20+,21-,22-,23+,24+,25-,27-,28-,29+,30-,31+,32-/m0/s1. The number of aliphatic hydroxyl groups excluding tert-OH is 1. The number of esters is 2. The fraction of sp³-hybridized carbons (Fsp3) is 0.875. The molecule has 6 aliphatic rings. The molecule has 0 bridgehead atoms. The molecule has 1 saturated heterocycles. The summed E-state index contributed by atoms with van der Waals surface area (Å²) in [7, 11) is 1.62. The summed E-state index contributed by atoms with van der Waals surface area (Å²) in [6, 6.07) is 0. The molecule has 2 N–H and O–H groups in total. The van der Waals surface area contributed by atoms with E-state index in [1.165, 1.54) is 6.92 Å². The van der Waals surface area contributed by atoms with Crippen LogP contribution in [-0.4, -0.2) is 78.3 Å². The second kappa shape index (κ2) is 10.6. The highest BCUT2D eigenvalue weighted by atomic mass is 16.7. The Hall–Kier alpha value is -1.52. The maximum atomic E-state index is 12.7. The summed E-state index contributed by atoms with van der Waals surface area (Å²) in [6.45, 7) is 8.06. The lowest BCUT2D eigenvalue weighted by molar-refractivity contribution is -0.273. The predicted molar refractivity (Wildman–Crippen MR) is 147 cm³/mol. The van der Waals surface area contributed by atoms with Gasteiger partial charge in [0, 0.05) is 44.3 Å². The van der Waals surface area contributed by atoms with Crippen molar-refractivity contribution in [2.45, 2.75) is 128 Å². The van der Waals surface area contributed by atoms with Gasteiger partial charge in [0.1, 0.15) is 18.8 Å². The summed E-state index contributed by atoms with van der Waals surface area (Å²) in [4.78, 5) is 24.2. The van der Waals surface area contributed by atoms with Crippen LogP contribution in [0.1, 0.15) is 85.5 Å². The van der Waals surface area contributed by atoms with Crippen LogP contribution in [0.25, 0.3) is 0 Å². The molecule has 0 aromatic rings. The summed E-state index contributed by atoms with van der Waals surface area (Å²) in [5.74, 6) is 0.0175. The zero-order valence-corrected chi connectivity index (χ0v) is 25.2. The number of rotatable bonds is 5. The van der Waals surface area contributed by atoms with E-state index >= 15 is 0 Å². The van der Waals surface area contributed by atoms with Gasteiger partial charge >= 0.3 is 11.9 Å². The number of fused-ring (bicyclic) bond motifs is 5. The Kier molecular flexibility index (Phi) is 7.62. The van der Waals surface area contributed by atoms with E-state index in [0.717, 1.165) is 50.5 Å². The molecule has 0 radical (unpaired) electrons. The Labute approximate surface area is 243 Å². The molecule has 0 unspecified atom stereocenters. The molecule has 2 heterocycles. The van der Waals surface area contributed by atoms with Crippen molar-refractivity contribution in [3.05, 3.63) is 11.6 Å². The van der Waals surface area contributed by atoms with E-state index in [0.29, 0.717) is 24.7 Å². The Bertz CT molecular complexity index is 1080. The van der Waals surface area contributed by atoms with Crippen molar-refractivity contribution < 1.29 is 43.5 Å². The molecule has 2 aliphatic heterocycles. The zero-order valence-electron chi connectivity index (χ0n) is 25.2. The van der Waals surface area contributed by atoms with E-state index in [-0.39, 0.29) is 60.4 Å². The van der Waals surface area contributed by atoms with Gasteiger partial charge in [0.05, 0.1) is 23.9 Å². The number of methoxy groups -OCH3 is 1. The van der Waals surface area contributed by atoms with Crippen molar-refractivity contribution in [2.24, 2.45) is 34.5 Å². The lowest BCUT2D eigenvalue weighted by Gasteiger charge is -2.63. The number of hydrogen-bond donors (Lipinski definition) is 2. The van der Waals surface area contributed by atoms with Crippen molar-refractivity contribution in [3.63, 3.8) is 0 Å². The molecule has 0 amide bonds. The molecular formula is C32H48O9. The molecule has 0 spiro atoms. The molecule has 0 aromatic carbocycles. The fourth-order valence-electron chi connectivity index (χ4n) is 10.4. The van der Waals surface area contributed by atoms with Gasteiger partial charge < -0.3 is 33.9 Å². The normalized spacial score (nSPS) is 51.2. The zero-order chi connectivity index (χ0) is 29.3. The van der Waals surface area contributed by atoms with Crippen LogP contribution in [0.4, 0.5) is 0 Å². The highest BCUT2D eigenvalue weighted by Gasteiger charge is 2.71. The number of hydrogen-bond acceptors (Lipinski definition) is 9. The smallest absolute Gasteiger partial charge is 0.331 e. The molecular weight excluding hydrogens is 528 g/mol. The van der Waals surface area contributed by atoms with Gasteiger partial charge in [-0.1, -0.05) is 13.8 Å². The van der Waals surface area contributed by atoms with Gasteiger partial charge in [0.25, 0.3) is 0 Å². The molecule has 230 valence electrons. The molecule has 13 atom stereocenters. The number of cyclic esters (lactones) is 1. The average molecular weight is 577 g/mol. The Morgan fingerprint density at radius 3 is 2.54 bits per heavy atom. The van der Waals surface area contributed by atoms with Gasteiger partial charge in [0.15, 0.2) is 6.29 Å². The minimum absolute atomic E-state index is 0.0898. The van der Waals surface area contributed by atoms with E-state index in [4.69, 9.17) is 23.7 Å². The highest BCUT2D eigenvalue weighted by molar-refractivity contribution is 5.85. The highest BCUT2D eigenvalue weighted by Crippen LogP contribution is 2.70. The molecule has 41 heavy (non-hydrogen) atoms. The van der Waals surface area contributed by atoms with E-state index < -0.39 is 23.2 Å². The first-order valence-electron chi connectivity index (χ1n) is 15.7. The van der Waals surface area contributed by atoms with Crippen LogP contribution in [0.15, 0.2) is 11.6 Å². The Balaban J connectivity index is 1.19. The topological polar surface area (TPSA) is 121 Å². The van der Waals surface area contributed by atoms with Gasteiger partial charge in [-0.25, -0.2) is 4.79 Å². The lowest BCUT2D eigenvalue weighted by Crippen LogP contribution is -2.62. The third-order valence-electron chi connectivity index (χ3n) is 12.5. The van der Waals surface area contributed by atoms with Crippen LogP contribution in [0.2, 0.25) is 0 Å². The number of aliphatic hydroxyl groups is 2. The molecule has 4 aliphatic carbocycles. The Morgan fingerprint density at radius 2 is 1.85 bits per heavy atom. The maximum Gasteiger partial charge on any atom is 0.331 e. The number of ether oxygens (including phenoxy) is 5. The molecule has 5 fully saturated rings. The molecule has 9 heteroatoms. The van der Waals surface area contributed by atoms with Crippen LogP contribution in [-0.2, 0) is 33.3 Å². The molecule has 4 saturated carbocycles. The summed E-state index contributed by atoms with van der Waals surface area (Å²) < 4.78 is 29.1. The number of carbonyl (C=O) groups excluding carboxylic acids is 2. The second-order valence-electron chi connectivity index (χ2n) is 14.3. The van der Waals surface area contributed by atoms with E-state index in [1.54, 1.807) is 13.2 Å². The SMILES string of the molecule is CO[C@@H]1C[C@H](O[C@H]2CC[C@@]3(C)[C@H](CC[C@@H]4[C@@H]3CC[C@]3(C)[C@@H](C5=CC(=O)OC5)[C@@H](OC(C)=O)C[C@]43O)C2)O[C@@H](C)[C@H]1O. The Morgan fingerprint density at radius 1 is 1.07 bits per heavy atom. The van der Waals surface area contributed by atoms with Crippen molar-refractivity contribution in [1.29, 1.82) is 0 Å². The van der Waals surface area contributed by atoms with Crippen molar-refractivity contribution in [2.75, 3.05) is 13.7 Å². The summed E-state index contributed by atoms with van der Waals surface area (Å²) in [5, 5.41) is 23.0. The van der Waals surface area contributed by atoms with Gasteiger partial charge in [-0.05, 0) is 80.6 Å². The number of carbonyl (C=O) groups is 2. The minimum Gasteiger partial charge on any atom is -0.462 e. The first-order chi connectivity index (χ1) is 19.4. The second-order valence-corrected chi connectivity index (χ2v) is 14.3. The lowest BCUT2D eigenvalue weighted by atomic mass is 9.43. The van der Waals surface area contributed by atoms with Crippen molar-refractivity contribution in [1.82, 2.24) is 0 Å². The first kappa shape index (κ1) is 29.5. The summed E-state index contributed by atoms with van der Waals surface area (Å²) >= 11 is 0. The third kappa shape index (κ3) is 4.69. The fourth-order valence-corrected chi connectivity index (χ4v) is 10.4. The molecule has 9 nitrogen and oxygen atoms in total. The molecule has 0 aromatic heterocycles. The van der Waals surface area contributed by atoms with Gasteiger partial charge in [0.2, 0.25) is 0 Å². The monoisotopic (exact) mass is 576 g/mol. The van der Waals surface area contributed by atoms with Crippen LogP contribution in [0, 0.1) is 34.5 Å². The van der Waals surface area contributed by atoms with Crippen LogP contribution < -0.4 is 0 Å². The third-order valence-corrected chi connectivity index (χ3v) is 12.5. The van der Waals surface area contributed by atoms with E-state index in [1.807, 2.05) is 6.92 Å². The van der Waals surface area contributed by atoms with Gasteiger partial charge in [-0.2, -0.15) is 0 Å². The quantitative estimate of drug-likeness (QED) is 0.373. The van der Waals surface area contributed by atoms with E-state index in [9.17, 15) is 19.8 Å². The maximum absolute atomic E-state index is 12.7. The molecule has 6 rings (SSSR count). The van der Waals surface area contributed by atoms with E-state index in [2.05, 4.69) is 13.8 Å². The van der Waals surface area contributed by atoms with Crippen LogP contribution >= 0.6 is 0 Å². The predicted octanol–water partition coefficient (Wildman–Crippen LogP) is 3.68. The minimum atomic E-state index is -0.990. The summed E-state index contributed by atoms with van der Waals surface area (Å²) in [6.07, 6.45) is 7.14. The average Bonchev–Trinajstić information content (AvgIpc) is 3.42. The largest absolute Gasteiger partial charge is 0.462 e.